The standard InChI is InChI=1S/C16H19N3O4/c1-2-13(20)17-8-9-18-14(21)7-10-19-15(22)11-5-3-4-6-12(11)16(19)23/h3-6H,2,7-10H2,1H3,(H,17,20)(H,18,21). The van der Waals surface area contributed by atoms with E-state index in [4.69, 9.17) is 0 Å². The van der Waals surface area contributed by atoms with Crippen molar-refractivity contribution in [1.82, 2.24) is 15.5 Å². The second kappa shape index (κ2) is 7.53. The van der Waals surface area contributed by atoms with E-state index >= 15 is 0 Å². The van der Waals surface area contributed by atoms with E-state index in [1.807, 2.05) is 0 Å². The van der Waals surface area contributed by atoms with Gasteiger partial charge in [-0.05, 0) is 12.1 Å². The maximum absolute atomic E-state index is 12.1. The molecule has 0 aromatic heterocycles. The van der Waals surface area contributed by atoms with Crippen molar-refractivity contribution in [2.75, 3.05) is 19.6 Å². The Hall–Kier alpha value is -2.70. The predicted molar refractivity (Wildman–Crippen MR) is 82.7 cm³/mol. The van der Waals surface area contributed by atoms with E-state index in [0.29, 0.717) is 30.6 Å². The van der Waals surface area contributed by atoms with Crippen molar-refractivity contribution in [2.24, 2.45) is 0 Å². The third kappa shape index (κ3) is 3.94. The minimum absolute atomic E-state index is 0.0349. The molecule has 122 valence electrons. The molecule has 1 aromatic rings. The zero-order valence-corrected chi connectivity index (χ0v) is 12.9. The number of amides is 4. The molecule has 0 spiro atoms. The van der Waals surface area contributed by atoms with E-state index in [9.17, 15) is 19.2 Å². The number of hydrogen-bond acceptors (Lipinski definition) is 4. The van der Waals surface area contributed by atoms with Crippen molar-refractivity contribution in [3.8, 4) is 0 Å². The molecule has 0 unspecified atom stereocenters. The molecule has 7 nitrogen and oxygen atoms in total. The first-order valence-electron chi connectivity index (χ1n) is 7.53. The quantitative estimate of drug-likeness (QED) is 0.559. The number of benzene rings is 1. The van der Waals surface area contributed by atoms with Gasteiger partial charge in [-0.3, -0.25) is 24.1 Å². The lowest BCUT2D eigenvalue weighted by molar-refractivity contribution is -0.122. The third-order valence-electron chi connectivity index (χ3n) is 3.53. The highest BCUT2D eigenvalue weighted by molar-refractivity contribution is 6.21. The fourth-order valence-corrected chi connectivity index (χ4v) is 2.27. The summed E-state index contributed by atoms with van der Waals surface area (Å²) in [7, 11) is 0. The molecule has 0 aliphatic carbocycles. The zero-order chi connectivity index (χ0) is 16.8. The Morgan fingerprint density at radius 3 is 2.00 bits per heavy atom. The van der Waals surface area contributed by atoms with E-state index in [-0.39, 0.29) is 36.6 Å². The van der Waals surface area contributed by atoms with Crippen molar-refractivity contribution >= 4 is 23.6 Å². The van der Waals surface area contributed by atoms with Crippen LogP contribution in [0.15, 0.2) is 24.3 Å². The maximum atomic E-state index is 12.1. The summed E-state index contributed by atoms with van der Waals surface area (Å²) in [6.45, 7) is 2.45. The number of rotatable bonds is 7. The summed E-state index contributed by atoms with van der Waals surface area (Å²) in [5, 5.41) is 5.27. The number of nitrogens with one attached hydrogen (secondary N) is 2. The Kier molecular flexibility index (Phi) is 5.46. The fourth-order valence-electron chi connectivity index (χ4n) is 2.27. The van der Waals surface area contributed by atoms with Gasteiger partial charge >= 0.3 is 0 Å². The molecule has 2 rings (SSSR count). The van der Waals surface area contributed by atoms with Crippen LogP contribution in [0.2, 0.25) is 0 Å². The molecule has 1 aromatic carbocycles. The Bertz CT molecular complexity index is 607. The van der Waals surface area contributed by atoms with Gasteiger partial charge in [0, 0.05) is 32.5 Å². The Balaban J connectivity index is 1.76. The van der Waals surface area contributed by atoms with Crippen LogP contribution in [0, 0.1) is 0 Å². The molecule has 7 heteroatoms. The SMILES string of the molecule is CCC(=O)NCCNC(=O)CCN1C(=O)c2ccccc2C1=O. The minimum Gasteiger partial charge on any atom is -0.354 e. The van der Waals surface area contributed by atoms with Gasteiger partial charge in [0.1, 0.15) is 0 Å². The van der Waals surface area contributed by atoms with E-state index in [1.54, 1.807) is 31.2 Å². The summed E-state index contributed by atoms with van der Waals surface area (Å²) in [5.41, 5.74) is 0.750. The van der Waals surface area contributed by atoms with Crippen LogP contribution in [-0.2, 0) is 9.59 Å². The predicted octanol–water partition coefficient (Wildman–Crippen LogP) is 0.315. The Morgan fingerprint density at radius 1 is 0.957 bits per heavy atom. The van der Waals surface area contributed by atoms with Gasteiger partial charge in [-0.2, -0.15) is 0 Å². The summed E-state index contributed by atoms with van der Waals surface area (Å²) < 4.78 is 0. The Labute approximate surface area is 134 Å². The van der Waals surface area contributed by atoms with E-state index in [1.165, 1.54) is 0 Å². The summed E-state index contributed by atoms with van der Waals surface area (Å²) in [6.07, 6.45) is 0.431. The van der Waals surface area contributed by atoms with Crippen molar-refractivity contribution in [3.63, 3.8) is 0 Å². The molecule has 0 bridgehead atoms. The normalized spacial score (nSPS) is 13.0. The smallest absolute Gasteiger partial charge is 0.261 e. The van der Waals surface area contributed by atoms with Gasteiger partial charge < -0.3 is 10.6 Å². The minimum atomic E-state index is -0.367. The second-order valence-corrected chi connectivity index (χ2v) is 5.11. The molecule has 0 fully saturated rings. The number of imide groups is 1. The highest BCUT2D eigenvalue weighted by Crippen LogP contribution is 2.22. The van der Waals surface area contributed by atoms with E-state index < -0.39 is 0 Å². The lowest BCUT2D eigenvalue weighted by Gasteiger charge is -2.13. The van der Waals surface area contributed by atoms with Crippen LogP contribution in [0.3, 0.4) is 0 Å². The first-order valence-corrected chi connectivity index (χ1v) is 7.53. The molecule has 0 saturated carbocycles. The Morgan fingerprint density at radius 2 is 1.48 bits per heavy atom. The third-order valence-corrected chi connectivity index (χ3v) is 3.53. The molecule has 1 heterocycles. The topological polar surface area (TPSA) is 95.6 Å². The zero-order valence-electron chi connectivity index (χ0n) is 12.9. The highest BCUT2D eigenvalue weighted by atomic mass is 16.2. The number of nitrogens with zero attached hydrogens (tertiary/aromatic N) is 1. The fraction of sp³-hybridized carbons (Fsp3) is 0.375. The molecular weight excluding hydrogens is 298 g/mol. The molecule has 0 radical (unpaired) electrons. The number of hydrogen-bond donors (Lipinski definition) is 2. The molecule has 1 aliphatic heterocycles. The van der Waals surface area contributed by atoms with Crippen molar-refractivity contribution < 1.29 is 19.2 Å². The lowest BCUT2D eigenvalue weighted by atomic mass is 10.1. The van der Waals surface area contributed by atoms with Crippen LogP contribution in [0.1, 0.15) is 40.5 Å². The van der Waals surface area contributed by atoms with Crippen LogP contribution < -0.4 is 10.6 Å². The highest BCUT2D eigenvalue weighted by Gasteiger charge is 2.34. The van der Waals surface area contributed by atoms with E-state index in [0.717, 1.165) is 4.90 Å². The van der Waals surface area contributed by atoms with Crippen LogP contribution in [0.4, 0.5) is 0 Å². The first-order chi connectivity index (χ1) is 11.0. The molecule has 0 saturated heterocycles. The molecule has 1 aliphatic rings. The number of fused-ring (bicyclic) bond motifs is 1. The van der Waals surface area contributed by atoms with Crippen molar-refractivity contribution in [3.05, 3.63) is 35.4 Å². The van der Waals surface area contributed by atoms with Gasteiger partial charge in [-0.1, -0.05) is 19.1 Å². The second-order valence-electron chi connectivity index (χ2n) is 5.11. The summed E-state index contributed by atoms with van der Waals surface area (Å²) >= 11 is 0. The van der Waals surface area contributed by atoms with Crippen molar-refractivity contribution in [2.45, 2.75) is 19.8 Å². The average Bonchev–Trinajstić information content (AvgIpc) is 2.81. The van der Waals surface area contributed by atoms with Gasteiger partial charge in [0.15, 0.2) is 0 Å². The lowest BCUT2D eigenvalue weighted by Crippen LogP contribution is -2.37. The van der Waals surface area contributed by atoms with Crippen LogP contribution >= 0.6 is 0 Å². The molecule has 0 atom stereocenters. The largest absolute Gasteiger partial charge is 0.354 e. The van der Waals surface area contributed by atoms with Gasteiger partial charge in [0.2, 0.25) is 11.8 Å². The maximum Gasteiger partial charge on any atom is 0.261 e. The molecule has 4 amide bonds. The van der Waals surface area contributed by atoms with Crippen LogP contribution in [-0.4, -0.2) is 48.2 Å². The first kappa shape index (κ1) is 16.7. The molecule has 2 N–H and O–H groups in total. The van der Waals surface area contributed by atoms with Crippen LogP contribution in [0.5, 0.6) is 0 Å². The summed E-state index contributed by atoms with van der Waals surface area (Å²) in [4.78, 5) is 48.1. The number of carbonyl (C=O) groups excluding carboxylic acids is 4. The molecular formula is C16H19N3O4. The average molecular weight is 317 g/mol. The van der Waals surface area contributed by atoms with Crippen LogP contribution in [0.25, 0.3) is 0 Å². The van der Waals surface area contributed by atoms with E-state index in [2.05, 4.69) is 10.6 Å². The van der Waals surface area contributed by atoms with Gasteiger partial charge in [0.25, 0.3) is 11.8 Å². The van der Waals surface area contributed by atoms with Gasteiger partial charge in [-0.15, -0.1) is 0 Å². The number of carbonyl (C=O) groups is 4. The van der Waals surface area contributed by atoms with Gasteiger partial charge in [-0.25, -0.2) is 0 Å². The molecule has 23 heavy (non-hydrogen) atoms. The monoisotopic (exact) mass is 317 g/mol. The summed E-state index contributed by atoms with van der Waals surface area (Å²) in [5.74, 6) is -1.08. The van der Waals surface area contributed by atoms with Gasteiger partial charge in [0.05, 0.1) is 11.1 Å². The summed E-state index contributed by atoms with van der Waals surface area (Å²) in [6, 6.07) is 6.60. The van der Waals surface area contributed by atoms with Crippen molar-refractivity contribution in [1.29, 1.82) is 0 Å².